The van der Waals surface area contributed by atoms with E-state index in [-0.39, 0.29) is 11.9 Å². The lowest BCUT2D eigenvalue weighted by Gasteiger charge is -2.22. The Morgan fingerprint density at radius 1 is 0.923 bits per heavy atom. The van der Waals surface area contributed by atoms with E-state index < -0.39 is 0 Å². The number of benzene rings is 3. The van der Waals surface area contributed by atoms with Crippen LogP contribution < -0.4 is 5.32 Å². The Bertz CT molecular complexity index is 983. The summed E-state index contributed by atoms with van der Waals surface area (Å²) < 4.78 is 4.83. The van der Waals surface area contributed by atoms with Gasteiger partial charge in [-0.3, -0.25) is 0 Å². The summed E-state index contributed by atoms with van der Waals surface area (Å²) in [6, 6.07) is 22.5. The van der Waals surface area contributed by atoms with Crippen LogP contribution in [0, 0.1) is 0 Å². The fourth-order valence-corrected chi connectivity index (χ4v) is 4.14. The topological polar surface area (TPSA) is 38.3 Å². The van der Waals surface area contributed by atoms with Crippen molar-refractivity contribution in [2.24, 2.45) is 0 Å². The normalized spacial score (nSPS) is 13.2. The number of para-hydroxylation sites is 1. The maximum atomic E-state index is 11.8. The monoisotopic (exact) mass is 361 g/mol. The van der Waals surface area contributed by atoms with E-state index in [1.807, 2.05) is 24.3 Å². The van der Waals surface area contributed by atoms with Crippen molar-refractivity contribution in [3.8, 4) is 0 Å². The second kappa shape index (κ2) is 6.89. The molecule has 3 aromatic rings. The smallest absolute Gasteiger partial charge is 0.337 e. The maximum Gasteiger partial charge on any atom is 0.337 e. The van der Waals surface area contributed by atoms with Gasteiger partial charge in [-0.25, -0.2) is 4.79 Å². The zero-order valence-corrected chi connectivity index (χ0v) is 15.5. The van der Waals surface area contributed by atoms with Crippen LogP contribution in [0.5, 0.6) is 0 Å². The second-order valence-corrected chi connectivity index (χ2v) is 7.40. The lowest BCUT2D eigenvalue weighted by Crippen LogP contribution is -2.05. The van der Waals surface area contributed by atoms with Gasteiger partial charge >= 0.3 is 5.97 Å². The van der Waals surface area contributed by atoms with E-state index in [4.69, 9.17) is 4.74 Å². The lowest BCUT2D eigenvalue weighted by atomic mass is 9.91. The molecule has 0 aliphatic carbocycles. The van der Waals surface area contributed by atoms with Gasteiger partial charge in [0, 0.05) is 15.7 Å². The van der Waals surface area contributed by atoms with Crippen molar-refractivity contribution >= 4 is 29.1 Å². The van der Waals surface area contributed by atoms with Gasteiger partial charge < -0.3 is 10.1 Å². The molecule has 3 aromatic carbocycles. The minimum absolute atomic E-state index is 0.175. The Balaban J connectivity index is 1.64. The molecule has 0 radical (unpaired) electrons. The third-order valence-electron chi connectivity index (χ3n) is 4.69. The first-order valence-corrected chi connectivity index (χ1v) is 9.33. The van der Waals surface area contributed by atoms with E-state index in [0.29, 0.717) is 5.56 Å². The molecule has 130 valence electrons. The summed E-state index contributed by atoms with van der Waals surface area (Å²) in [5, 5.41) is 3.53. The third-order valence-corrected chi connectivity index (χ3v) is 5.84. The molecule has 0 aromatic heterocycles. The van der Waals surface area contributed by atoms with Crippen LogP contribution >= 0.6 is 11.8 Å². The number of esters is 1. The van der Waals surface area contributed by atoms with Crippen molar-refractivity contribution in [3.05, 3.63) is 83.4 Å². The van der Waals surface area contributed by atoms with E-state index in [0.717, 1.165) is 16.9 Å². The summed E-state index contributed by atoms with van der Waals surface area (Å²) in [6.07, 6.45) is 0. The third kappa shape index (κ3) is 3.08. The molecule has 1 aliphatic rings. The highest BCUT2D eigenvalue weighted by Gasteiger charge is 2.18. The van der Waals surface area contributed by atoms with E-state index in [9.17, 15) is 4.79 Å². The molecule has 0 saturated carbocycles. The van der Waals surface area contributed by atoms with E-state index in [1.54, 1.807) is 17.8 Å². The number of anilines is 2. The number of hydrogen-bond donors (Lipinski definition) is 1. The molecule has 1 atom stereocenters. The Morgan fingerprint density at radius 2 is 1.69 bits per heavy atom. The van der Waals surface area contributed by atoms with Crippen LogP contribution in [0.15, 0.2) is 76.5 Å². The summed E-state index contributed by atoms with van der Waals surface area (Å²) in [5.41, 5.74) is 5.15. The maximum absolute atomic E-state index is 11.8. The highest BCUT2D eigenvalue weighted by Crippen LogP contribution is 2.45. The molecule has 1 N–H and O–H groups in total. The number of methoxy groups -OCH3 is 1. The first kappa shape index (κ1) is 16.7. The van der Waals surface area contributed by atoms with E-state index in [2.05, 4.69) is 48.6 Å². The molecule has 0 saturated heterocycles. The van der Waals surface area contributed by atoms with Crippen molar-refractivity contribution < 1.29 is 9.53 Å². The molecule has 0 amide bonds. The number of carbonyl (C=O) groups excluding carboxylic acids is 1. The fourth-order valence-electron chi connectivity index (χ4n) is 3.17. The number of hydrogen-bond acceptors (Lipinski definition) is 4. The van der Waals surface area contributed by atoms with Crippen LogP contribution in [0.25, 0.3) is 0 Å². The Morgan fingerprint density at radius 3 is 2.54 bits per heavy atom. The quantitative estimate of drug-likeness (QED) is 0.466. The van der Waals surface area contributed by atoms with Gasteiger partial charge in [0.15, 0.2) is 0 Å². The van der Waals surface area contributed by atoms with E-state index in [1.165, 1.54) is 22.5 Å². The highest BCUT2D eigenvalue weighted by molar-refractivity contribution is 7.99. The van der Waals surface area contributed by atoms with Gasteiger partial charge in [-0.2, -0.15) is 0 Å². The number of rotatable bonds is 3. The second-order valence-electron chi connectivity index (χ2n) is 6.32. The summed E-state index contributed by atoms with van der Waals surface area (Å²) in [5.74, 6) is -0.131. The predicted octanol–water partition coefficient (Wildman–Crippen LogP) is 5.83. The van der Waals surface area contributed by atoms with Crippen molar-refractivity contribution in [1.82, 2.24) is 0 Å². The van der Waals surface area contributed by atoms with Crippen molar-refractivity contribution in [1.29, 1.82) is 0 Å². The minimum Gasteiger partial charge on any atom is -0.465 e. The van der Waals surface area contributed by atoms with Crippen LogP contribution in [0.2, 0.25) is 0 Å². The largest absolute Gasteiger partial charge is 0.465 e. The number of nitrogens with one attached hydrogen (secondary N) is 1. The summed E-state index contributed by atoms with van der Waals surface area (Å²) >= 11 is 1.78. The lowest BCUT2D eigenvalue weighted by molar-refractivity contribution is 0.0600. The zero-order chi connectivity index (χ0) is 18.1. The molecule has 0 bridgehead atoms. The molecular weight excluding hydrogens is 342 g/mol. The highest BCUT2D eigenvalue weighted by atomic mass is 32.2. The Labute approximate surface area is 157 Å². The first-order valence-electron chi connectivity index (χ1n) is 8.52. The standard InChI is InChI=1S/C22H19NO2S/c1-14(15-6-5-7-17(12-15)22(24)25-2)16-10-11-21-19(13-16)23-18-8-3-4-9-20(18)26-21/h3-14,23H,1-2H3. The van der Waals surface area contributed by atoms with Crippen LogP contribution in [0.1, 0.15) is 34.3 Å². The van der Waals surface area contributed by atoms with Gasteiger partial charge in [0.25, 0.3) is 0 Å². The van der Waals surface area contributed by atoms with Gasteiger partial charge in [-0.1, -0.05) is 49.0 Å². The molecule has 1 aliphatic heterocycles. The minimum atomic E-state index is -0.306. The van der Waals surface area contributed by atoms with Crippen LogP contribution in [0.4, 0.5) is 11.4 Å². The molecule has 0 fully saturated rings. The molecule has 4 rings (SSSR count). The van der Waals surface area contributed by atoms with Crippen molar-refractivity contribution in [3.63, 3.8) is 0 Å². The van der Waals surface area contributed by atoms with Crippen LogP contribution in [-0.4, -0.2) is 13.1 Å². The zero-order valence-electron chi connectivity index (χ0n) is 14.7. The van der Waals surface area contributed by atoms with Crippen LogP contribution in [0.3, 0.4) is 0 Å². The Kier molecular flexibility index (Phi) is 4.43. The first-order chi connectivity index (χ1) is 12.7. The van der Waals surface area contributed by atoms with Gasteiger partial charge in [0.1, 0.15) is 0 Å². The van der Waals surface area contributed by atoms with Gasteiger partial charge in [-0.05, 0) is 47.5 Å². The van der Waals surface area contributed by atoms with E-state index >= 15 is 0 Å². The number of ether oxygens (including phenoxy) is 1. The molecule has 4 heteroatoms. The molecule has 0 spiro atoms. The average molecular weight is 361 g/mol. The Hall–Kier alpha value is -2.72. The summed E-state index contributed by atoms with van der Waals surface area (Å²) in [7, 11) is 1.41. The fraction of sp³-hybridized carbons (Fsp3) is 0.136. The number of carbonyl (C=O) groups is 1. The van der Waals surface area contributed by atoms with Crippen LogP contribution in [-0.2, 0) is 4.74 Å². The summed E-state index contributed by atoms with van der Waals surface area (Å²) in [6.45, 7) is 2.15. The molecule has 26 heavy (non-hydrogen) atoms. The van der Waals surface area contributed by atoms with Gasteiger partial charge in [0.2, 0.25) is 0 Å². The van der Waals surface area contributed by atoms with Gasteiger partial charge in [0.05, 0.1) is 24.0 Å². The SMILES string of the molecule is COC(=O)c1cccc(C(C)c2ccc3c(c2)Nc2ccccc2S3)c1. The average Bonchev–Trinajstić information content (AvgIpc) is 2.70. The molecule has 1 heterocycles. The van der Waals surface area contributed by atoms with Crippen molar-refractivity contribution in [2.75, 3.05) is 12.4 Å². The molecular formula is C22H19NO2S. The molecule has 3 nitrogen and oxygen atoms in total. The van der Waals surface area contributed by atoms with Crippen molar-refractivity contribution in [2.45, 2.75) is 22.6 Å². The molecule has 1 unspecified atom stereocenters. The van der Waals surface area contributed by atoms with Gasteiger partial charge in [-0.15, -0.1) is 0 Å². The summed E-state index contributed by atoms with van der Waals surface area (Å²) in [4.78, 5) is 14.3. The predicted molar refractivity (Wildman–Crippen MR) is 106 cm³/mol. The number of fused-ring (bicyclic) bond motifs is 2.